The van der Waals surface area contributed by atoms with Gasteiger partial charge in [0, 0.05) is 18.2 Å². The second-order valence-corrected chi connectivity index (χ2v) is 4.89. The maximum Gasteiger partial charge on any atom is 0.254 e. The first kappa shape index (κ1) is 16.7. The molecule has 1 rings (SSSR count). The van der Waals surface area contributed by atoms with Crippen LogP contribution in [0.3, 0.4) is 0 Å². The fourth-order valence-corrected chi connectivity index (χ4v) is 2.54. The molecule has 0 heterocycles. The smallest absolute Gasteiger partial charge is 0.254 e. The van der Waals surface area contributed by atoms with E-state index in [4.69, 9.17) is 5.73 Å². The van der Waals surface area contributed by atoms with Crippen molar-refractivity contribution in [3.05, 3.63) is 35.4 Å². The first-order valence-corrected chi connectivity index (χ1v) is 7.39. The molecule has 1 aromatic rings. The molecule has 112 valence electrons. The third kappa shape index (κ3) is 4.05. The Bertz CT molecular complexity index is 417. The van der Waals surface area contributed by atoms with E-state index in [1.165, 1.54) is 0 Å². The maximum absolute atomic E-state index is 12.8. The first-order valence-electron chi connectivity index (χ1n) is 7.39. The van der Waals surface area contributed by atoms with Crippen LogP contribution >= 0.6 is 0 Å². The van der Waals surface area contributed by atoms with Crippen LogP contribution in [0, 0.1) is 0 Å². The van der Waals surface area contributed by atoms with Gasteiger partial charge in [0.2, 0.25) is 0 Å². The van der Waals surface area contributed by atoms with Gasteiger partial charge in [-0.25, -0.2) is 0 Å². The number of carbonyl (C=O) groups is 1. The van der Waals surface area contributed by atoms with Gasteiger partial charge >= 0.3 is 0 Å². The molecule has 4 heteroatoms. The predicted molar refractivity (Wildman–Crippen MR) is 81.7 cm³/mol. The molecular weight excluding hydrogens is 252 g/mol. The lowest BCUT2D eigenvalue weighted by Crippen LogP contribution is -2.42. The summed E-state index contributed by atoms with van der Waals surface area (Å²) < 4.78 is 0. The molecule has 0 saturated carbocycles. The van der Waals surface area contributed by atoms with E-state index in [-0.39, 0.29) is 18.6 Å². The number of benzene rings is 1. The Morgan fingerprint density at radius 3 is 2.50 bits per heavy atom. The Labute approximate surface area is 121 Å². The summed E-state index contributed by atoms with van der Waals surface area (Å²) in [5.41, 5.74) is 7.30. The lowest BCUT2D eigenvalue weighted by molar-refractivity contribution is 0.0621. The summed E-state index contributed by atoms with van der Waals surface area (Å²) >= 11 is 0. The highest BCUT2D eigenvalue weighted by molar-refractivity contribution is 5.96. The standard InChI is InChI=1S/C16H26N2O2/c1-3-14(4-2)18(11-12-19)16(20)15-8-6-5-7-13(15)9-10-17/h5-8,14,19H,3-4,9-12,17H2,1-2H3. The van der Waals surface area contributed by atoms with Crippen LogP contribution in [0.15, 0.2) is 24.3 Å². The lowest BCUT2D eigenvalue weighted by atomic mass is 10.0. The molecule has 4 nitrogen and oxygen atoms in total. The average molecular weight is 278 g/mol. The highest BCUT2D eigenvalue weighted by Crippen LogP contribution is 2.17. The highest BCUT2D eigenvalue weighted by Gasteiger charge is 2.23. The van der Waals surface area contributed by atoms with Crippen molar-refractivity contribution >= 4 is 5.91 Å². The van der Waals surface area contributed by atoms with Gasteiger partial charge in [0.05, 0.1) is 6.61 Å². The van der Waals surface area contributed by atoms with E-state index >= 15 is 0 Å². The van der Waals surface area contributed by atoms with E-state index in [2.05, 4.69) is 13.8 Å². The van der Waals surface area contributed by atoms with Crippen molar-refractivity contribution in [3.63, 3.8) is 0 Å². The van der Waals surface area contributed by atoms with Crippen molar-refractivity contribution in [2.24, 2.45) is 5.73 Å². The number of aliphatic hydroxyl groups excluding tert-OH is 1. The second-order valence-electron chi connectivity index (χ2n) is 4.89. The van der Waals surface area contributed by atoms with Crippen LogP contribution < -0.4 is 5.73 Å². The summed E-state index contributed by atoms with van der Waals surface area (Å²) in [6, 6.07) is 7.76. The fourth-order valence-electron chi connectivity index (χ4n) is 2.54. The molecule has 0 aliphatic carbocycles. The average Bonchev–Trinajstić information content (AvgIpc) is 2.48. The lowest BCUT2D eigenvalue weighted by Gasteiger charge is -2.30. The molecular formula is C16H26N2O2. The first-order chi connectivity index (χ1) is 9.69. The van der Waals surface area contributed by atoms with Crippen molar-refractivity contribution < 1.29 is 9.90 Å². The number of rotatable bonds is 8. The summed E-state index contributed by atoms with van der Waals surface area (Å²) in [5.74, 6) is -0.00296. The molecule has 0 aliphatic rings. The van der Waals surface area contributed by atoms with Crippen molar-refractivity contribution in [1.29, 1.82) is 0 Å². The topological polar surface area (TPSA) is 66.6 Å². The van der Waals surface area contributed by atoms with E-state index in [9.17, 15) is 9.90 Å². The SMILES string of the molecule is CCC(CC)N(CCO)C(=O)c1ccccc1CCN. The van der Waals surface area contributed by atoms with Gasteiger partial charge in [0.25, 0.3) is 5.91 Å². The molecule has 0 bridgehead atoms. The van der Waals surface area contributed by atoms with Gasteiger partial charge in [-0.15, -0.1) is 0 Å². The number of hydrogen-bond acceptors (Lipinski definition) is 3. The van der Waals surface area contributed by atoms with Gasteiger partial charge < -0.3 is 15.7 Å². The molecule has 1 amide bonds. The van der Waals surface area contributed by atoms with E-state index in [0.717, 1.165) is 18.4 Å². The second kappa shape index (κ2) is 8.72. The van der Waals surface area contributed by atoms with Gasteiger partial charge in [-0.05, 0) is 37.4 Å². The summed E-state index contributed by atoms with van der Waals surface area (Å²) in [6.07, 6.45) is 2.47. The fraction of sp³-hybridized carbons (Fsp3) is 0.562. The number of nitrogens with two attached hydrogens (primary N) is 1. The summed E-state index contributed by atoms with van der Waals surface area (Å²) in [7, 11) is 0. The van der Waals surface area contributed by atoms with E-state index in [1.54, 1.807) is 4.90 Å². The number of carbonyl (C=O) groups excluding carboxylic acids is 1. The Morgan fingerprint density at radius 1 is 1.30 bits per heavy atom. The van der Waals surface area contributed by atoms with Crippen LogP contribution in [-0.4, -0.2) is 41.7 Å². The predicted octanol–water partition coefficient (Wildman–Crippen LogP) is 1.81. The maximum atomic E-state index is 12.8. The Hall–Kier alpha value is -1.39. The van der Waals surface area contributed by atoms with Crippen LogP contribution in [0.5, 0.6) is 0 Å². The molecule has 3 N–H and O–H groups in total. The van der Waals surface area contributed by atoms with Crippen molar-refractivity contribution in [1.82, 2.24) is 4.90 Å². The normalized spacial score (nSPS) is 10.8. The van der Waals surface area contributed by atoms with Crippen LogP contribution in [0.2, 0.25) is 0 Å². The Morgan fingerprint density at radius 2 is 1.95 bits per heavy atom. The third-order valence-electron chi connectivity index (χ3n) is 3.65. The molecule has 0 fully saturated rings. The van der Waals surface area contributed by atoms with Gasteiger partial charge in [-0.3, -0.25) is 4.79 Å². The Kier molecular flexibility index (Phi) is 7.26. The molecule has 20 heavy (non-hydrogen) atoms. The minimum absolute atomic E-state index is 0.00296. The largest absolute Gasteiger partial charge is 0.395 e. The number of amides is 1. The van der Waals surface area contributed by atoms with Crippen molar-refractivity contribution in [2.75, 3.05) is 19.7 Å². The summed E-state index contributed by atoms with van der Waals surface area (Å²) in [5, 5.41) is 9.23. The zero-order valence-electron chi connectivity index (χ0n) is 12.5. The molecule has 0 radical (unpaired) electrons. The van der Waals surface area contributed by atoms with Crippen LogP contribution in [-0.2, 0) is 6.42 Å². The minimum atomic E-state index is -0.0126. The molecule has 0 atom stereocenters. The van der Waals surface area contributed by atoms with Crippen LogP contribution in [0.1, 0.15) is 42.6 Å². The monoisotopic (exact) mass is 278 g/mol. The zero-order valence-corrected chi connectivity index (χ0v) is 12.5. The quantitative estimate of drug-likeness (QED) is 0.762. The van der Waals surface area contributed by atoms with E-state index in [1.807, 2.05) is 24.3 Å². The van der Waals surface area contributed by atoms with Gasteiger partial charge in [0.1, 0.15) is 0 Å². The van der Waals surface area contributed by atoms with Gasteiger partial charge in [-0.2, -0.15) is 0 Å². The van der Waals surface area contributed by atoms with Gasteiger partial charge in [0.15, 0.2) is 0 Å². The molecule has 1 aromatic carbocycles. The number of nitrogens with zero attached hydrogens (tertiary/aromatic N) is 1. The van der Waals surface area contributed by atoms with Crippen LogP contribution in [0.4, 0.5) is 0 Å². The molecule has 0 aromatic heterocycles. The zero-order chi connectivity index (χ0) is 15.0. The molecule has 0 unspecified atom stereocenters. The van der Waals surface area contributed by atoms with Crippen molar-refractivity contribution in [3.8, 4) is 0 Å². The molecule has 0 spiro atoms. The number of aliphatic hydroxyl groups is 1. The summed E-state index contributed by atoms with van der Waals surface area (Å²) in [6.45, 7) is 5.02. The summed E-state index contributed by atoms with van der Waals surface area (Å²) in [4.78, 5) is 14.6. The molecule has 0 saturated heterocycles. The number of hydrogen-bond donors (Lipinski definition) is 2. The third-order valence-corrected chi connectivity index (χ3v) is 3.65. The molecule has 0 aliphatic heterocycles. The minimum Gasteiger partial charge on any atom is -0.395 e. The highest BCUT2D eigenvalue weighted by atomic mass is 16.3. The Balaban J connectivity index is 3.05. The van der Waals surface area contributed by atoms with Crippen molar-refractivity contribution in [2.45, 2.75) is 39.2 Å². The van der Waals surface area contributed by atoms with E-state index < -0.39 is 0 Å². The van der Waals surface area contributed by atoms with Gasteiger partial charge in [-0.1, -0.05) is 32.0 Å². The van der Waals surface area contributed by atoms with Crippen LogP contribution in [0.25, 0.3) is 0 Å². The van der Waals surface area contributed by atoms with E-state index in [0.29, 0.717) is 25.1 Å².